The average Bonchev–Trinajstić information content (AvgIpc) is 3.87. The number of allylic oxidation sites excluding steroid dienone is 1. The summed E-state index contributed by atoms with van der Waals surface area (Å²) in [6, 6.07) is 10.0. The maximum Gasteiger partial charge on any atom is 0.319 e. The van der Waals surface area contributed by atoms with Crippen molar-refractivity contribution in [1.82, 2.24) is 40.7 Å². The van der Waals surface area contributed by atoms with Crippen LogP contribution in [0.25, 0.3) is 27.1 Å². The third-order valence-electron chi connectivity index (χ3n) is 12.0. The number of likely N-dealkylation sites (tertiary alicyclic amines) is 1. The van der Waals surface area contributed by atoms with E-state index in [1.54, 1.807) is 38.0 Å². The van der Waals surface area contributed by atoms with Crippen LogP contribution in [0.1, 0.15) is 69.5 Å². The van der Waals surface area contributed by atoms with E-state index in [1.165, 1.54) is 21.6 Å². The van der Waals surface area contributed by atoms with E-state index in [9.17, 15) is 28.7 Å². The van der Waals surface area contributed by atoms with Crippen LogP contribution in [-0.2, 0) is 28.6 Å². The Morgan fingerprint density at radius 2 is 1.64 bits per heavy atom. The van der Waals surface area contributed by atoms with E-state index < -0.39 is 47.3 Å². The van der Waals surface area contributed by atoms with Crippen LogP contribution in [0.4, 0.5) is 20.8 Å². The normalized spacial score (nSPS) is 17.0. The molecule has 0 saturated carbocycles. The van der Waals surface area contributed by atoms with Gasteiger partial charge in [0.2, 0.25) is 23.7 Å². The van der Waals surface area contributed by atoms with Crippen LogP contribution in [0.3, 0.4) is 0 Å². The van der Waals surface area contributed by atoms with E-state index in [-0.39, 0.29) is 76.8 Å². The summed E-state index contributed by atoms with van der Waals surface area (Å²) >= 11 is 1.79. The first-order valence-corrected chi connectivity index (χ1v) is 24.0. The Hall–Kier alpha value is -5.93. The number of nitrogens with zero attached hydrogens (tertiary/aromatic N) is 5. The van der Waals surface area contributed by atoms with Gasteiger partial charge in [-0.15, -0.1) is 11.8 Å². The van der Waals surface area contributed by atoms with Crippen LogP contribution in [-0.4, -0.2) is 145 Å². The molecule has 69 heavy (non-hydrogen) atoms. The monoisotopic (exact) mass is 972 g/mol. The van der Waals surface area contributed by atoms with Gasteiger partial charge in [-0.25, -0.2) is 19.2 Å². The molecule has 18 nitrogen and oxygen atoms in total. The second-order valence-electron chi connectivity index (χ2n) is 18.3. The van der Waals surface area contributed by atoms with Gasteiger partial charge in [0.15, 0.2) is 5.65 Å². The number of rotatable bonds is 20. The van der Waals surface area contributed by atoms with Crippen LogP contribution in [0.15, 0.2) is 54.4 Å². The highest BCUT2D eigenvalue weighted by atomic mass is 32.2. The molecule has 1 saturated heterocycles. The third kappa shape index (κ3) is 13.7. The van der Waals surface area contributed by atoms with Crippen LogP contribution in [0.5, 0.6) is 0 Å². The lowest BCUT2D eigenvalue weighted by Crippen LogP contribution is -2.58. The summed E-state index contributed by atoms with van der Waals surface area (Å²) in [7, 11) is 3.79. The van der Waals surface area contributed by atoms with Gasteiger partial charge < -0.3 is 55.7 Å². The summed E-state index contributed by atoms with van der Waals surface area (Å²) in [5.41, 5.74) is 5.87. The highest BCUT2D eigenvalue weighted by molar-refractivity contribution is 8.08. The number of aryl methyl sites for hydroxylation is 2. The lowest BCUT2D eigenvalue weighted by Gasteiger charge is -2.35. The predicted molar refractivity (Wildman–Crippen MR) is 265 cm³/mol. The molecule has 2 aliphatic heterocycles. The molecule has 6 N–H and O–H groups in total. The van der Waals surface area contributed by atoms with Gasteiger partial charge in [-0.2, -0.15) is 4.98 Å². The van der Waals surface area contributed by atoms with E-state index in [0.717, 1.165) is 22.6 Å². The summed E-state index contributed by atoms with van der Waals surface area (Å²) in [6.45, 7) is 13.7. The molecule has 6 rings (SSSR count). The Morgan fingerprint density at radius 3 is 2.30 bits per heavy atom. The van der Waals surface area contributed by atoms with Crippen molar-refractivity contribution in [3.05, 3.63) is 82.6 Å². The van der Waals surface area contributed by atoms with Crippen molar-refractivity contribution >= 4 is 63.1 Å². The quantitative estimate of drug-likeness (QED) is 0.0615. The molecule has 0 radical (unpaired) electrons. The van der Waals surface area contributed by atoms with E-state index in [1.807, 2.05) is 65.0 Å². The number of hydrogen-bond acceptors (Lipinski definition) is 14. The summed E-state index contributed by atoms with van der Waals surface area (Å²) in [4.78, 5) is 71.4. The zero-order chi connectivity index (χ0) is 50.0. The number of aliphatic hydroxyl groups excluding tert-OH is 1. The Balaban J connectivity index is 0.870. The highest BCUT2D eigenvalue weighted by Crippen LogP contribution is 2.39. The van der Waals surface area contributed by atoms with Gasteiger partial charge in [0.1, 0.15) is 24.5 Å². The number of aromatic nitrogens is 3. The van der Waals surface area contributed by atoms with Crippen molar-refractivity contribution in [1.29, 1.82) is 0 Å². The number of β-amino-alcohol motifs (C(OH)–C–C–N with tert-alkyl or cyclic N) is 1. The van der Waals surface area contributed by atoms with E-state index >= 15 is 0 Å². The first kappa shape index (κ1) is 52.4. The minimum atomic E-state index is -0.998. The lowest BCUT2D eigenvalue weighted by molar-refractivity contribution is -0.144. The molecule has 2 aromatic carbocycles. The number of hydrogen-bond donors (Lipinski definition) is 6. The number of carbonyl (C=O) groups is 4. The van der Waals surface area contributed by atoms with Gasteiger partial charge in [0.25, 0.3) is 0 Å². The number of aliphatic hydroxyl groups is 1. The number of benzene rings is 2. The lowest BCUT2D eigenvalue weighted by atomic mass is 9.85. The Bertz CT molecular complexity index is 2520. The molecule has 20 heteroatoms. The van der Waals surface area contributed by atoms with Crippen LogP contribution < -0.4 is 26.6 Å². The first-order chi connectivity index (χ1) is 32.8. The number of thioether (sulfide) groups is 1. The predicted octanol–water partition coefficient (Wildman–Crippen LogP) is 5.36. The molecule has 0 bridgehead atoms. The molecule has 0 unspecified atom stereocenters. The van der Waals surface area contributed by atoms with Crippen molar-refractivity contribution in [3.63, 3.8) is 0 Å². The van der Waals surface area contributed by atoms with Crippen molar-refractivity contribution in [2.75, 3.05) is 83.3 Å². The number of nitrogens with one attached hydrogen (secondary N) is 5. The smallest absolute Gasteiger partial charge is 0.319 e. The average molecular weight is 973 g/mol. The molecule has 4 heterocycles. The molecule has 372 valence electrons. The van der Waals surface area contributed by atoms with Gasteiger partial charge >= 0.3 is 6.03 Å². The number of halogens is 1. The maximum atomic E-state index is 15.0. The molecule has 2 aliphatic rings. The zero-order valence-electron chi connectivity index (χ0n) is 40.8. The zero-order valence-corrected chi connectivity index (χ0v) is 41.6. The third-order valence-corrected chi connectivity index (χ3v) is 13.3. The number of ether oxygens (including phenoxy) is 3. The number of fused-ring (bicyclic) bond motifs is 1. The largest absolute Gasteiger partial charge is 0.391 e. The van der Waals surface area contributed by atoms with E-state index in [4.69, 9.17) is 14.2 Å². The molecule has 5 amide bonds. The fraction of sp³-hybridized carbons (Fsp3) is 0.490. The SMILES string of the molecule is CNc1ncc2cc(-c3cc(NC(=O)NCCOCCOCCOCC(=O)N[C@@H](C(=O)N4C[C@H](O)C[C@H]4C(=O)N[C@@H](C)c4ccc(C5=C(C)N(C)CS5)cc4)C(C)(C)C)c(F)cc3C)c(C)nc2n1. The molecule has 4 atom stereocenters. The van der Waals surface area contributed by atoms with Gasteiger partial charge in [-0.3, -0.25) is 14.4 Å². The van der Waals surface area contributed by atoms with Gasteiger partial charge in [-0.1, -0.05) is 45.0 Å². The molecular formula is C49H65FN10O8S. The summed E-state index contributed by atoms with van der Waals surface area (Å²) < 4.78 is 31.6. The highest BCUT2D eigenvalue weighted by Gasteiger charge is 2.44. The first-order valence-electron chi connectivity index (χ1n) is 23.0. The molecular weight excluding hydrogens is 908 g/mol. The summed E-state index contributed by atoms with van der Waals surface area (Å²) in [5, 5.41) is 25.3. The summed E-state index contributed by atoms with van der Waals surface area (Å²) in [5.74, 6) is -0.593. The van der Waals surface area contributed by atoms with Crippen molar-refractivity contribution in [2.45, 2.75) is 79.1 Å². The van der Waals surface area contributed by atoms with Gasteiger partial charge in [0, 0.05) is 67.0 Å². The fourth-order valence-electron chi connectivity index (χ4n) is 7.98. The minimum absolute atomic E-state index is 0.00654. The number of amides is 5. The van der Waals surface area contributed by atoms with Crippen molar-refractivity contribution in [2.24, 2.45) is 5.41 Å². The number of urea groups is 1. The fourth-order valence-corrected chi connectivity index (χ4v) is 9.16. The number of carbonyl (C=O) groups excluding carboxylic acids is 4. The number of pyridine rings is 1. The molecule has 0 aliphatic carbocycles. The van der Waals surface area contributed by atoms with Crippen molar-refractivity contribution < 1.29 is 42.9 Å². The van der Waals surface area contributed by atoms with Crippen LogP contribution in [0, 0.1) is 25.1 Å². The Labute approximate surface area is 406 Å². The van der Waals surface area contributed by atoms with Gasteiger partial charge in [0.05, 0.1) is 56.7 Å². The Kier molecular flexibility index (Phi) is 17.9. The van der Waals surface area contributed by atoms with Crippen LogP contribution in [0.2, 0.25) is 0 Å². The standard InChI is InChI=1S/C49H65FN10O8S/c1-28-20-38(50)39(23-36(28)37-21-34-24-53-47(51-8)58-44(34)54-30(37)3)56-48(65)52-14-15-66-16-17-67-18-19-68-26-41(62)57-43(49(5,6)7)46(64)60-25-35(61)22-40(60)45(63)55-29(2)32-10-12-33(13-11-32)42-31(4)59(9)27-69-42/h10-13,20-21,23-24,29,35,40,43,61H,14-19,22,25-27H2,1-9H3,(H,55,63)(H,57,62)(H2,52,56,65)(H,51,53,54,58)/t29-,35+,40-,43-/m0/s1. The number of anilines is 2. The molecule has 4 aromatic rings. The van der Waals surface area contributed by atoms with Gasteiger partial charge in [-0.05, 0) is 73.6 Å². The Morgan fingerprint density at radius 1 is 0.942 bits per heavy atom. The molecule has 2 aromatic heterocycles. The van der Waals surface area contributed by atoms with E-state index in [0.29, 0.717) is 33.8 Å². The minimum Gasteiger partial charge on any atom is -0.391 e. The summed E-state index contributed by atoms with van der Waals surface area (Å²) in [6.07, 6.45) is 0.847. The van der Waals surface area contributed by atoms with Crippen LogP contribution >= 0.6 is 11.8 Å². The topological polar surface area (TPSA) is 222 Å². The molecule has 1 fully saturated rings. The molecule has 0 spiro atoms. The van der Waals surface area contributed by atoms with E-state index in [2.05, 4.69) is 60.4 Å². The van der Waals surface area contributed by atoms with Crippen molar-refractivity contribution in [3.8, 4) is 11.1 Å². The maximum absolute atomic E-state index is 15.0. The second-order valence-corrected chi connectivity index (χ2v) is 19.2. The second kappa shape index (κ2) is 23.6.